The molecule has 8 nitrogen and oxygen atoms in total. The fourth-order valence-corrected chi connectivity index (χ4v) is 7.22. The van der Waals surface area contributed by atoms with Crippen molar-refractivity contribution in [2.24, 2.45) is 0 Å². The van der Waals surface area contributed by atoms with Crippen molar-refractivity contribution in [2.75, 3.05) is 16.8 Å². The van der Waals surface area contributed by atoms with Gasteiger partial charge in [0.05, 0.1) is 31.3 Å². The van der Waals surface area contributed by atoms with Crippen molar-refractivity contribution in [2.45, 2.75) is 64.0 Å². The maximum atomic E-state index is 14.8. The second-order valence-corrected chi connectivity index (χ2v) is 13.7. The Morgan fingerprint density at radius 2 is 1.97 bits per heavy atom. The minimum absolute atomic E-state index is 0.000523. The molecule has 0 spiro atoms. The van der Waals surface area contributed by atoms with Gasteiger partial charge in [-0.05, 0) is 77.2 Å². The first-order chi connectivity index (χ1) is 18.2. The summed E-state index contributed by atoms with van der Waals surface area (Å²) in [5.41, 5.74) is 1.38. The van der Waals surface area contributed by atoms with Crippen LogP contribution >= 0.6 is 11.3 Å². The van der Waals surface area contributed by atoms with E-state index in [0.717, 1.165) is 11.3 Å². The number of halogens is 1. The van der Waals surface area contributed by atoms with Crippen LogP contribution in [-0.4, -0.2) is 45.3 Å². The van der Waals surface area contributed by atoms with Crippen LogP contribution in [0.5, 0.6) is 0 Å². The minimum atomic E-state index is -2.98. The van der Waals surface area contributed by atoms with Gasteiger partial charge in [0.15, 0.2) is 0 Å². The first-order valence-corrected chi connectivity index (χ1v) is 15.1. The third-order valence-electron chi connectivity index (χ3n) is 5.74. The number of carbonyl (C=O) groups excluding carboxylic acids is 2. The molecule has 2 amide bonds. The van der Waals surface area contributed by atoms with Crippen molar-refractivity contribution in [1.82, 2.24) is 9.71 Å². The number of hydrogen-bond acceptors (Lipinski definition) is 6. The predicted octanol–water partition coefficient (Wildman–Crippen LogP) is 6.08. The first-order valence-electron chi connectivity index (χ1n) is 12.6. The average molecular weight is 573 g/mol. The van der Waals surface area contributed by atoms with E-state index in [0.29, 0.717) is 39.7 Å². The molecule has 1 aromatic heterocycles. The summed E-state index contributed by atoms with van der Waals surface area (Å²) in [4.78, 5) is 31.6. The van der Waals surface area contributed by atoms with Gasteiger partial charge >= 0.3 is 6.09 Å². The first kappa shape index (κ1) is 28.7. The number of carbonyl (C=O) groups is 2. The highest BCUT2D eigenvalue weighted by atomic mass is 32.2. The summed E-state index contributed by atoms with van der Waals surface area (Å²) in [6.45, 7) is 9.74. The van der Waals surface area contributed by atoms with E-state index in [1.807, 2.05) is 32.9 Å². The summed E-state index contributed by atoms with van der Waals surface area (Å²) in [5, 5.41) is 2.94. The number of hydrogen-bond donors (Lipinski definition) is 2. The van der Waals surface area contributed by atoms with E-state index >= 15 is 0 Å². The van der Waals surface area contributed by atoms with Crippen LogP contribution in [0.1, 0.15) is 47.5 Å². The molecule has 2 aromatic carbocycles. The van der Waals surface area contributed by atoms with E-state index in [4.69, 9.17) is 4.74 Å². The van der Waals surface area contributed by atoms with Gasteiger partial charge in [-0.2, -0.15) is 0 Å². The highest BCUT2D eigenvalue weighted by molar-refractivity contribution is 7.98. The summed E-state index contributed by atoms with van der Waals surface area (Å²) >= 11 is 1.31. The molecule has 2 N–H and O–H groups in total. The lowest BCUT2D eigenvalue weighted by Gasteiger charge is -2.26. The van der Waals surface area contributed by atoms with Gasteiger partial charge in [-0.15, -0.1) is 11.3 Å². The number of amides is 2. The molecule has 0 aliphatic carbocycles. The predicted molar refractivity (Wildman–Crippen MR) is 156 cm³/mol. The van der Waals surface area contributed by atoms with Gasteiger partial charge in [-0.1, -0.05) is 6.07 Å². The third-order valence-corrected chi connectivity index (χ3v) is 8.81. The lowest BCUT2D eigenvalue weighted by atomic mass is 10.1. The van der Waals surface area contributed by atoms with Gasteiger partial charge in [0.2, 0.25) is 5.91 Å². The number of thiazole rings is 1. The molecular weight excluding hydrogens is 539 g/mol. The number of nitrogens with zero attached hydrogens (tertiary/aromatic N) is 2. The molecule has 1 atom stereocenters. The molecule has 11 heteroatoms. The van der Waals surface area contributed by atoms with Crippen LogP contribution in [0.2, 0.25) is 0 Å². The van der Waals surface area contributed by atoms with E-state index in [1.165, 1.54) is 23.5 Å². The van der Waals surface area contributed by atoms with Crippen LogP contribution in [0.3, 0.4) is 0 Å². The fraction of sp³-hybridized carbons (Fsp3) is 0.357. The Morgan fingerprint density at radius 3 is 2.59 bits per heavy atom. The number of ether oxygens (including phenoxy) is 1. The van der Waals surface area contributed by atoms with E-state index in [1.54, 1.807) is 37.1 Å². The van der Waals surface area contributed by atoms with Crippen molar-refractivity contribution in [3.8, 4) is 21.0 Å². The molecule has 0 radical (unpaired) electrons. The van der Waals surface area contributed by atoms with Crippen LogP contribution in [0.15, 0.2) is 47.5 Å². The van der Waals surface area contributed by atoms with Crippen molar-refractivity contribution in [3.05, 3.63) is 48.4 Å². The Labute approximate surface area is 232 Å². The number of rotatable bonds is 7. The molecule has 3 aromatic rings. The second-order valence-electron chi connectivity index (χ2n) is 10.7. The average Bonchev–Trinajstić information content (AvgIpc) is 3.47. The topological polar surface area (TPSA) is 101 Å². The molecule has 4 rings (SSSR count). The second kappa shape index (κ2) is 11.1. The Balaban J connectivity index is 1.69. The molecule has 1 aliphatic heterocycles. The van der Waals surface area contributed by atoms with Crippen LogP contribution in [0.4, 0.5) is 20.6 Å². The van der Waals surface area contributed by atoms with Gasteiger partial charge in [0.1, 0.15) is 10.8 Å². The summed E-state index contributed by atoms with van der Waals surface area (Å²) in [5.74, 6) is 3.44. The van der Waals surface area contributed by atoms with Gasteiger partial charge < -0.3 is 9.64 Å². The summed E-state index contributed by atoms with van der Waals surface area (Å²) in [6, 6.07) is 9.84. The highest BCUT2D eigenvalue weighted by Gasteiger charge is 2.26. The van der Waals surface area contributed by atoms with Gasteiger partial charge in [0.25, 0.3) is 0 Å². The van der Waals surface area contributed by atoms with Crippen LogP contribution in [0, 0.1) is 5.82 Å². The zero-order valence-electron chi connectivity index (χ0n) is 22.7. The zero-order chi connectivity index (χ0) is 28.5. The Hall–Kier alpha value is -3.28. The van der Waals surface area contributed by atoms with Crippen LogP contribution < -0.4 is 14.9 Å². The molecule has 1 fully saturated rings. The molecule has 1 aliphatic rings. The van der Waals surface area contributed by atoms with Gasteiger partial charge in [-0.3, -0.25) is 10.1 Å². The van der Waals surface area contributed by atoms with Crippen molar-refractivity contribution in [3.63, 3.8) is 0 Å². The van der Waals surface area contributed by atoms with Gasteiger partial charge in [0, 0.05) is 41.5 Å². The summed E-state index contributed by atoms with van der Waals surface area (Å²) in [7, 11) is -2.98. The molecule has 0 saturated carbocycles. The minimum Gasteiger partial charge on any atom is -0.447 e. The third kappa shape index (κ3) is 6.84. The number of anilines is 2. The van der Waals surface area contributed by atoms with Crippen molar-refractivity contribution < 1.29 is 22.9 Å². The molecule has 1 unspecified atom stereocenters. The van der Waals surface area contributed by atoms with Crippen molar-refractivity contribution >= 4 is 50.3 Å². The Kier molecular flexibility index (Phi) is 8.15. The van der Waals surface area contributed by atoms with Gasteiger partial charge in [-0.25, -0.2) is 23.1 Å². The van der Waals surface area contributed by atoms with E-state index in [2.05, 4.69) is 20.9 Å². The van der Waals surface area contributed by atoms with Crippen LogP contribution in [0.25, 0.3) is 21.0 Å². The van der Waals surface area contributed by atoms with E-state index in [-0.39, 0.29) is 17.7 Å². The van der Waals surface area contributed by atoms with E-state index in [9.17, 15) is 18.2 Å². The molecule has 208 valence electrons. The molecule has 1 saturated heterocycles. The number of benzene rings is 2. The standard InChI is InChI=1S/C28H33FN4O4S2/c1-17(2)37-27(35)31-22-12-9-18(14-21(22)29)26-30-16-23(38-26)20-11-10-19(33-13-7-8-25(33)34)15-24(20)39(6,36)32-28(3,4)5/h9-12,14-17H,6-8,13H2,1-5H3,(H,31,35)(H,32,36). The molecule has 2 heterocycles. The summed E-state index contributed by atoms with van der Waals surface area (Å²) < 4.78 is 36.9. The largest absolute Gasteiger partial charge is 0.447 e. The normalized spacial score (nSPS) is 15.5. The number of nitrogens with one attached hydrogen (secondary N) is 2. The number of aromatic nitrogens is 1. The fourth-order valence-electron chi connectivity index (χ4n) is 4.26. The summed E-state index contributed by atoms with van der Waals surface area (Å²) in [6.07, 6.45) is 1.84. The monoisotopic (exact) mass is 572 g/mol. The quantitative estimate of drug-likeness (QED) is 0.334. The molecular formula is C28H33FN4O4S2. The van der Waals surface area contributed by atoms with Crippen LogP contribution in [-0.2, 0) is 19.2 Å². The maximum Gasteiger partial charge on any atom is 0.411 e. The Bertz CT molecular complexity index is 1510. The Morgan fingerprint density at radius 1 is 1.23 bits per heavy atom. The van der Waals surface area contributed by atoms with E-state index < -0.39 is 27.2 Å². The lowest BCUT2D eigenvalue weighted by Crippen LogP contribution is -2.40. The van der Waals surface area contributed by atoms with Crippen molar-refractivity contribution in [1.29, 1.82) is 0 Å². The highest BCUT2D eigenvalue weighted by Crippen LogP contribution is 2.38. The maximum absolute atomic E-state index is 14.8. The molecule has 0 bridgehead atoms. The molecule has 39 heavy (non-hydrogen) atoms. The lowest BCUT2D eigenvalue weighted by molar-refractivity contribution is -0.117. The zero-order valence-corrected chi connectivity index (χ0v) is 24.3. The smallest absolute Gasteiger partial charge is 0.411 e. The SMILES string of the molecule is C=S(=O)(NC(C)(C)C)c1cc(N2CCCC2=O)ccc1-c1cnc(-c2ccc(NC(=O)OC(C)C)c(F)c2)s1.